The Kier molecular flexibility index (Phi) is 6.28. The summed E-state index contributed by atoms with van der Waals surface area (Å²) >= 11 is 1.61. The van der Waals surface area contributed by atoms with E-state index in [1.807, 2.05) is 41.5 Å². The molecule has 0 spiro atoms. The summed E-state index contributed by atoms with van der Waals surface area (Å²) in [6.07, 6.45) is 7.61. The molecule has 29 heavy (non-hydrogen) atoms. The average molecular weight is 412 g/mol. The van der Waals surface area contributed by atoms with Crippen molar-refractivity contribution in [3.63, 3.8) is 0 Å². The first-order valence-electron chi connectivity index (χ1n) is 10.7. The number of benzene rings is 1. The highest BCUT2D eigenvalue weighted by atomic mass is 32.1. The monoisotopic (exact) mass is 411 g/mol. The van der Waals surface area contributed by atoms with Crippen LogP contribution in [-0.4, -0.2) is 40.8 Å². The molecule has 2 heterocycles. The fourth-order valence-corrected chi connectivity index (χ4v) is 5.17. The van der Waals surface area contributed by atoms with Crippen molar-refractivity contribution in [3.8, 4) is 10.6 Å². The maximum atomic E-state index is 13.0. The van der Waals surface area contributed by atoms with Crippen LogP contribution in [0.4, 0.5) is 0 Å². The van der Waals surface area contributed by atoms with Crippen LogP contribution in [0.25, 0.3) is 10.6 Å². The Morgan fingerprint density at radius 2 is 1.83 bits per heavy atom. The molecule has 1 saturated heterocycles. The number of hydrogen-bond donors (Lipinski definition) is 1. The van der Waals surface area contributed by atoms with E-state index < -0.39 is 0 Å². The number of likely N-dealkylation sites (tertiary alicyclic amines) is 1. The van der Waals surface area contributed by atoms with Gasteiger partial charge in [0.1, 0.15) is 5.01 Å². The first kappa shape index (κ1) is 20.1. The Morgan fingerprint density at radius 3 is 2.52 bits per heavy atom. The maximum Gasteiger partial charge on any atom is 0.253 e. The van der Waals surface area contributed by atoms with Crippen LogP contribution in [0.2, 0.25) is 0 Å². The van der Waals surface area contributed by atoms with Crippen LogP contribution in [0.5, 0.6) is 0 Å². The highest BCUT2D eigenvalue weighted by Gasteiger charge is 2.30. The summed E-state index contributed by atoms with van der Waals surface area (Å²) in [6, 6.07) is 8.00. The molecule has 2 aliphatic rings. The minimum atomic E-state index is -0.0906. The number of nitrogens with zero attached hydrogens (tertiary/aromatic N) is 2. The lowest BCUT2D eigenvalue weighted by Gasteiger charge is -2.33. The van der Waals surface area contributed by atoms with E-state index in [-0.39, 0.29) is 17.7 Å². The van der Waals surface area contributed by atoms with Crippen molar-refractivity contribution >= 4 is 23.2 Å². The van der Waals surface area contributed by atoms with E-state index in [0.717, 1.165) is 48.5 Å². The number of nitrogens with one attached hydrogen (secondary N) is 1. The molecule has 1 aromatic carbocycles. The largest absolute Gasteiger partial charge is 0.353 e. The molecule has 2 aromatic rings. The first-order chi connectivity index (χ1) is 14.1. The molecule has 1 aromatic heterocycles. The first-order valence-corrected chi connectivity index (χ1v) is 11.6. The number of rotatable bonds is 4. The Hall–Kier alpha value is -2.21. The van der Waals surface area contributed by atoms with Crippen LogP contribution in [0.15, 0.2) is 29.6 Å². The van der Waals surface area contributed by atoms with Crippen molar-refractivity contribution in [1.82, 2.24) is 15.2 Å². The normalized spacial score (nSPS) is 20.4. The van der Waals surface area contributed by atoms with E-state index in [0.29, 0.717) is 18.2 Å². The molecule has 2 amide bonds. The van der Waals surface area contributed by atoms with Crippen molar-refractivity contribution in [3.05, 3.63) is 40.9 Å². The Bertz CT molecular complexity index is 855. The van der Waals surface area contributed by atoms with Gasteiger partial charge in [-0.2, -0.15) is 0 Å². The van der Waals surface area contributed by atoms with Crippen LogP contribution < -0.4 is 5.32 Å². The Morgan fingerprint density at radius 1 is 1.07 bits per heavy atom. The second kappa shape index (κ2) is 9.08. The molecule has 1 aliphatic carbocycles. The summed E-state index contributed by atoms with van der Waals surface area (Å²) in [4.78, 5) is 32.1. The second-order valence-corrected chi connectivity index (χ2v) is 9.16. The molecular formula is C23H29N3O2S. The molecule has 154 valence electrons. The van der Waals surface area contributed by atoms with Gasteiger partial charge in [0.25, 0.3) is 5.91 Å². The molecule has 0 radical (unpaired) electrons. The van der Waals surface area contributed by atoms with Gasteiger partial charge in [-0.3, -0.25) is 9.59 Å². The van der Waals surface area contributed by atoms with Gasteiger partial charge in [-0.25, -0.2) is 4.98 Å². The van der Waals surface area contributed by atoms with Gasteiger partial charge in [0.15, 0.2) is 0 Å². The van der Waals surface area contributed by atoms with Crippen LogP contribution in [0.1, 0.15) is 61.0 Å². The van der Waals surface area contributed by atoms with Gasteiger partial charge in [0.2, 0.25) is 5.91 Å². The van der Waals surface area contributed by atoms with Crippen molar-refractivity contribution in [1.29, 1.82) is 0 Å². The van der Waals surface area contributed by atoms with Gasteiger partial charge in [-0.15, -0.1) is 11.3 Å². The van der Waals surface area contributed by atoms with Crippen LogP contribution >= 0.6 is 11.3 Å². The summed E-state index contributed by atoms with van der Waals surface area (Å²) < 4.78 is 0. The Balaban J connectivity index is 1.37. The summed E-state index contributed by atoms with van der Waals surface area (Å²) in [5.41, 5.74) is 2.72. The second-order valence-electron chi connectivity index (χ2n) is 8.31. The summed E-state index contributed by atoms with van der Waals surface area (Å²) in [5.74, 6) is 0.0538. The smallest absolute Gasteiger partial charge is 0.253 e. The summed E-state index contributed by atoms with van der Waals surface area (Å²) in [6.45, 7) is 3.22. The molecule has 1 atom stereocenters. The third-order valence-corrected chi connectivity index (χ3v) is 7.04. The lowest BCUT2D eigenvalue weighted by molar-refractivity contribution is -0.127. The minimum absolute atomic E-state index is 0.0158. The van der Waals surface area contributed by atoms with Gasteiger partial charge < -0.3 is 10.2 Å². The predicted molar refractivity (Wildman–Crippen MR) is 116 cm³/mol. The lowest BCUT2D eigenvalue weighted by Crippen LogP contribution is -2.47. The molecule has 1 N–H and O–H groups in total. The van der Waals surface area contributed by atoms with E-state index >= 15 is 0 Å². The molecule has 0 bridgehead atoms. The average Bonchev–Trinajstić information content (AvgIpc) is 3.20. The molecular weight excluding hydrogens is 382 g/mol. The van der Waals surface area contributed by atoms with Gasteiger partial charge in [0.05, 0.1) is 5.92 Å². The fraction of sp³-hybridized carbons (Fsp3) is 0.522. The highest BCUT2D eigenvalue weighted by molar-refractivity contribution is 7.13. The van der Waals surface area contributed by atoms with E-state index in [1.54, 1.807) is 11.3 Å². The summed E-state index contributed by atoms with van der Waals surface area (Å²) in [5, 5.41) is 6.23. The number of aromatic nitrogens is 1. The number of amides is 2. The zero-order chi connectivity index (χ0) is 20.2. The predicted octanol–water partition coefficient (Wildman–Crippen LogP) is 4.42. The molecule has 2 fully saturated rings. The molecule has 4 rings (SSSR count). The van der Waals surface area contributed by atoms with E-state index in [4.69, 9.17) is 0 Å². The van der Waals surface area contributed by atoms with Crippen molar-refractivity contribution in [2.45, 2.75) is 57.9 Å². The number of hydrogen-bond acceptors (Lipinski definition) is 4. The highest BCUT2D eigenvalue weighted by Crippen LogP contribution is 2.25. The van der Waals surface area contributed by atoms with E-state index in [1.165, 1.54) is 19.3 Å². The Labute approximate surface area is 176 Å². The molecule has 1 unspecified atom stereocenters. The molecule has 5 nitrogen and oxygen atoms in total. The number of piperidine rings is 1. The standard InChI is InChI=1S/C23H29N3O2S/c1-16-15-29-22(24-16)17-9-11-18(12-10-17)23(28)26-13-5-6-19(14-26)21(27)25-20-7-3-2-4-8-20/h9-12,15,19-20H,2-8,13-14H2,1H3,(H,25,27). The SMILES string of the molecule is Cc1csc(-c2ccc(C(=O)N3CCCC(C(=O)NC4CCCCC4)C3)cc2)n1. The van der Waals surface area contributed by atoms with Crippen molar-refractivity contribution < 1.29 is 9.59 Å². The van der Waals surface area contributed by atoms with Crippen molar-refractivity contribution in [2.24, 2.45) is 5.92 Å². The summed E-state index contributed by atoms with van der Waals surface area (Å²) in [7, 11) is 0. The van der Waals surface area contributed by atoms with Gasteiger partial charge >= 0.3 is 0 Å². The van der Waals surface area contributed by atoms with Crippen molar-refractivity contribution in [2.75, 3.05) is 13.1 Å². The zero-order valence-electron chi connectivity index (χ0n) is 17.0. The lowest BCUT2D eigenvalue weighted by atomic mass is 9.92. The quantitative estimate of drug-likeness (QED) is 0.810. The van der Waals surface area contributed by atoms with E-state index in [2.05, 4.69) is 10.3 Å². The van der Waals surface area contributed by atoms with Crippen LogP contribution in [0.3, 0.4) is 0 Å². The zero-order valence-corrected chi connectivity index (χ0v) is 17.8. The molecule has 6 heteroatoms. The van der Waals surface area contributed by atoms with Gasteiger partial charge in [-0.05, 0) is 44.7 Å². The van der Waals surface area contributed by atoms with E-state index in [9.17, 15) is 9.59 Å². The number of thiazole rings is 1. The number of carbonyl (C=O) groups excluding carboxylic acids is 2. The van der Waals surface area contributed by atoms with Crippen LogP contribution in [-0.2, 0) is 4.79 Å². The number of carbonyl (C=O) groups is 2. The molecule has 1 saturated carbocycles. The molecule has 1 aliphatic heterocycles. The van der Waals surface area contributed by atoms with Gasteiger partial charge in [-0.1, -0.05) is 31.4 Å². The number of aryl methyl sites for hydroxylation is 1. The van der Waals surface area contributed by atoms with Gasteiger partial charge in [0, 0.05) is 41.3 Å². The fourth-order valence-electron chi connectivity index (χ4n) is 4.37. The third-order valence-electron chi connectivity index (χ3n) is 6.03. The topological polar surface area (TPSA) is 62.3 Å². The minimum Gasteiger partial charge on any atom is -0.353 e. The third kappa shape index (κ3) is 4.86. The maximum absolute atomic E-state index is 13.0. The van der Waals surface area contributed by atoms with Crippen LogP contribution in [0, 0.1) is 12.8 Å².